The van der Waals surface area contributed by atoms with Gasteiger partial charge in [0, 0.05) is 49.6 Å². The number of rotatable bonds is 7. The second-order valence-electron chi connectivity index (χ2n) is 6.71. The normalized spacial score (nSPS) is 10.6. The van der Waals surface area contributed by atoms with Gasteiger partial charge in [0.25, 0.3) is 0 Å². The highest BCUT2D eigenvalue weighted by atomic mass is 35.5. The number of aromatic nitrogens is 1. The van der Waals surface area contributed by atoms with Gasteiger partial charge in [0.1, 0.15) is 0 Å². The Balaban J connectivity index is 1.58. The summed E-state index contributed by atoms with van der Waals surface area (Å²) < 4.78 is 5.73. The molecule has 2 amide bonds. The van der Waals surface area contributed by atoms with Crippen LogP contribution in [0.3, 0.4) is 0 Å². The van der Waals surface area contributed by atoms with Crippen molar-refractivity contribution < 1.29 is 14.0 Å². The number of oxazole rings is 1. The number of aryl methyl sites for hydroxylation is 1. The zero-order valence-electron chi connectivity index (χ0n) is 16.3. The molecular weight excluding hydrogens is 390 g/mol. The highest BCUT2D eigenvalue weighted by molar-refractivity contribution is 6.30. The lowest BCUT2D eigenvalue weighted by Crippen LogP contribution is -2.24. The molecule has 29 heavy (non-hydrogen) atoms. The van der Waals surface area contributed by atoms with Crippen LogP contribution in [-0.4, -0.2) is 28.7 Å². The summed E-state index contributed by atoms with van der Waals surface area (Å²) >= 11 is 5.90. The Morgan fingerprint density at radius 3 is 2.59 bits per heavy atom. The number of benzene rings is 2. The maximum Gasteiger partial charge on any atom is 0.224 e. The van der Waals surface area contributed by atoms with E-state index in [1.54, 1.807) is 30.3 Å². The summed E-state index contributed by atoms with van der Waals surface area (Å²) in [5, 5.41) is 3.56. The van der Waals surface area contributed by atoms with Crippen LogP contribution in [0.25, 0.3) is 11.3 Å². The van der Waals surface area contributed by atoms with Crippen LogP contribution < -0.4 is 5.32 Å². The van der Waals surface area contributed by atoms with E-state index in [0.29, 0.717) is 35.3 Å². The third-order valence-corrected chi connectivity index (χ3v) is 4.74. The first-order valence-electron chi connectivity index (χ1n) is 9.22. The topological polar surface area (TPSA) is 75.4 Å². The zero-order valence-corrected chi connectivity index (χ0v) is 17.1. The number of carbonyl (C=O) groups excluding carboxylic acids is 2. The molecule has 0 unspecified atom stereocenters. The molecule has 0 radical (unpaired) electrons. The van der Waals surface area contributed by atoms with Crippen molar-refractivity contribution in [1.82, 2.24) is 9.88 Å². The van der Waals surface area contributed by atoms with E-state index >= 15 is 0 Å². The lowest BCUT2D eigenvalue weighted by Gasteiger charge is -2.17. The van der Waals surface area contributed by atoms with Gasteiger partial charge >= 0.3 is 0 Å². The van der Waals surface area contributed by atoms with E-state index in [2.05, 4.69) is 10.3 Å². The summed E-state index contributed by atoms with van der Waals surface area (Å²) in [7, 11) is 1.72. The molecule has 0 fully saturated rings. The average Bonchev–Trinajstić information content (AvgIpc) is 3.17. The molecule has 1 aromatic heterocycles. The van der Waals surface area contributed by atoms with Gasteiger partial charge in [-0.05, 0) is 35.9 Å². The van der Waals surface area contributed by atoms with Crippen molar-refractivity contribution in [2.75, 3.05) is 12.4 Å². The highest BCUT2D eigenvalue weighted by Crippen LogP contribution is 2.23. The molecule has 0 bridgehead atoms. The molecule has 0 saturated carbocycles. The average molecular weight is 412 g/mol. The molecule has 0 aliphatic heterocycles. The number of carbonyl (C=O) groups is 2. The molecular formula is C22H22ClN3O3. The summed E-state index contributed by atoms with van der Waals surface area (Å²) in [4.78, 5) is 29.7. The van der Waals surface area contributed by atoms with Crippen molar-refractivity contribution in [3.8, 4) is 11.3 Å². The lowest BCUT2D eigenvalue weighted by atomic mass is 10.1. The Morgan fingerprint density at radius 1 is 1.14 bits per heavy atom. The van der Waals surface area contributed by atoms with E-state index in [9.17, 15) is 9.59 Å². The van der Waals surface area contributed by atoms with Gasteiger partial charge in [0.2, 0.25) is 11.8 Å². The van der Waals surface area contributed by atoms with E-state index in [-0.39, 0.29) is 18.2 Å². The van der Waals surface area contributed by atoms with E-state index in [4.69, 9.17) is 16.0 Å². The number of anilines is 1. The first-order chi connectivity index (χ1) is 13.9. The molecule has 0 spiro atoms. The van der Waals surface area contributed by atoms with Crippen LogP contribution in [0.1, 0.15) is 24.8 Å². The number of amides is 2. The van der Waals surface area contributed by atoms with Crippen LogP contribution in [0.2, 0.25) is 5.02 Å². The molecule has 6 nitrogen and oxygen atoms in total. The molecule has 3 rings (SSSR count). The second kappa shape index (κ2) is 9.39. The molecule has 1 N–H and O–H groups in total. The number of nitrogens with zero attached hydrogens (tertiary/aromatic N) is 2. The quantitative estimate of drug-likeness (QED) is 0.619. The van der Waals surface area contributed by atoms with Gasteiger partial charge in [0.05, 0.1) is 6.20 Å². The highest BCUT2D eigenvalue weighted by Gasteiger charge is 2.12. The van der Waals surface area contributed by atoms with E-state index in [0.717, 1.165) is 11.1 Å². The van der Waals surface area contributed by atoms with E-state index < -0.39 is 0 Å². The van der Waals surface area contributed by atoms with Gasteiger partial charge in [0.15, 0.2) is 11.7 Å². The third kappa shape index (κ3) is 5.68. The summed E-state index contributed by atoms with van der Waals surface area (Å²) in [6, 6.07) is 14.7. The van der Waals surface area contributed by atoms with Crippen molar-refractivity contribution in [3.63, 3.8) is 0 Å². The van der Waals surface area contributed by atoms with Crippen molar-refractivity contribution >= 4 is 29.1 Å². The summed E-state index contributed by atoms with van der Waals surface area (Å²) in [5.74, 6) is 0.949. The minimum absolute atomic E-state index is 0.0356. The number of hydrogen-bond acceptors (Lipinski definition) is 4. The molecule has 0 atom stereocenters. The van der Waals surface area contributed by atoms with E-state index in [1.165, 1.54) is 6.92 Å². The second-order valence-corrected chi connectivity index (χ2v) is 7.14. The molecule has 1 heterocycles. The summed E-state index contributed by atoms with van der Waals surface area (Å²) in [5.41, 5.74) is 2.45. The van der Waals surface area contributed by atoms with Gasteiger partial charge in [-0.2, -0.15) is 0 Å². The fourth-order valence-corrected chi connectivity index (χ4v) is 2.88. The molecule has 150 valence electrons. The molecule has 2 aromatic carbocycles. The van der Waals surface area contributed by atoms with Crippen molar-refractivity contribution in [2.24, 2.45) is 0 Å². The van der Waals surface area contributed by atoms with Crippen LogP contribution in [0.4, 0.5) is 5.69 Å². The Morgan fingerprint density at radius 2 is 1.86 bits per heavy atom. The monoisotopic (exact) mass is 411 g/mol. The van der Waals surface area contributed by atoms with Crippen LogP contribution in [0, 0.1) is 0 Å². The largest absolute Gasteiger partial charge is 0.441 e. The van der Waals surface area contributed by atoms with Gasteiger partial charge in [-0.1, -0.05) is 29.8 Å². The Labute approximate surface area is 174 Å². The fourth-order valence-electron chi connectivity index (χ4n) is 2.75. The molecule has 3 aromatic rings. The Hall–Kier alpha value is -3.12. The SMILES string of the molecule is CC(=O)N(C)Cc1ccccc1NC(=O)CCc1ncc(-c2ccc(Cl)cc2)o1. The summed E-state index contributed by atoms with van der Waals surface area (Å²) in [6.45, 7) is 1.94. The lowest BCUT2D eigenvalue weighted by molar-refractivity contribution is -0.128. The van der Waals surface area contributed by atoms with Crippen LogP contribution in [0.15, 0.2) is 59.1 Å². The van der Waals surface area contributed by atoms with Crippen molar-refractivity contribution in [3.05, 3.63) is 71.2 Å². The van der Waals surface area contributed by atoms with Gasteiger partial charge in [-0.25, -0.2) is 4.98 Å². The first-order valence-corrected chi connectivity index (χ1v) is 9.60. The first kappa shape index (κ1) is 20.6. The molecule has 0 aliphatic carbocycles. The Kier molecular flexibility index (Phi) is 6.67. The van der Waals surface area contributed by atoms with Crippen LogP contribution in [0.5, 0.6) is 0 Å². The fraction of sp³-hybridized carbons (Fsp3) is 0.227. The maximum atomic E-state index is 12.4. The molecule has 0 aliphatic rings. The van der Waals surface area contributed by atoms with E-state index in [1.807, 2.05) is 36.4 Å². The Bertz CT molecular complexity index is 999. The van der Waals surface area contributed by atoms with Gasteiger partial charge in [-0.15, -0.1) is 0 Å². The van der Waals surface area contributed by atoms with Crippen LogP contribution in [-0.2, 0) is 22.6 Å². The van der Waals surface area contributed by atoms with Crippen molar-refractivity contribution in [2.45, 2.75) is 26.3 Å². The zero-order chi connectivity index (χ0) is 20.8. The number of halogens is 1. The number of nitrogens with one attached hydrogen (secondary N) is 1. The minimum atomic E-state index is -0.144. The number of para-hydroxylation sites is 1. The molecule has 0 saturated heterocycles. The number of hydrogen-bond donors (Lipinski definition) is 1. The maximum absolute atomic E-state index is 12.4. The smallest absolute Gasteiger partial charge is 0.224 e. The third-order valence-electron chi connectivity index (χ3n) is 4.48. The minimum Gasteiger partial charge on any atom is -0.441 e. The summed E-state index contributed by atoms with van der Waals surface area (Å²) in [6.07, 6.45) is 2.26. The van der Waals surface area contributed by atoms with Gasteiger partial charge in [-0.3, -0.25) is 9.59 Å². The standard InChI is InChI=1S/C22H22ClN3O3/c1-15(27)26(2)14-17-5-3-4-6-19(17)25-21(28)11-12-22-24-13-20(29-22)16-7-9-18(23)10-8-16/h3-10,13H,11-12,14H2,1-2H3,(H,25,28). The van der Waals surface area contributed by atoms with Gasteiger partial charge < -0.3 is 14.6 Å². The van der Waals surface area contributed by atoms with Crippen LogP contribution >= 0.6 is 11.6 Å². The predicted octanol–water partition coefficient (Wildman–Crippen LogP) is 4.54. The molecule has 7 heteroatoms. The van der Waals surface area contributed by atoms with Crippen molar-refractivity contribution in [1.29, 1.82) is 0 Å². The predicted molar refractivity (Wildman–Crippen MR) is 112 cm³/mol.